The van der Waals surface area contributed by atoms with Crippen molar-refractivity contribution in [2.75, 3.05) is 13.2 Å². The van der Waals surface area contributed by atoms with Crippen molar-refractivity contribution in [1.82, 2.24) is 4.68 Å². The predicted molar refractivity (Wildman–Crippen MR) is 113 cm³/mol. The van der Waals surface area contributed by atoms with E-state index in [2.05, 4.69) is 28.1 Å². The molecule has 0 saturated carbocycles. The molecule has 0 unspecified atom stereocenters. The molecule has 0 amide bonds. The van der Waals surface area contributed by atoms with E-state index in [1.165, 1.54) is 0 Å². The lowest BCUT2D eigenvalue weighted by atomic mass is 10.2. The molecule has 140 valence electrons. The number of ether oxygens (including phenoxy) is 1. The van der Waals surface area contributed by atoms with E-state index >= 15 is 0 Å². The lowest BCUT2D eigenvalue weighted by Gasteiger charge is -2.06. The highest BCUT2D eigenvalue weighted by Crippen LogP contribution is 2.27. The van der Waals surface area contributed by atoms with Crippen molar-refractivity contribution in [1.29, 1.82) is 0 Å². The number of hydrogen-bond acceptors (Lipinski definition) is 6. The van der Waals surface area contributed by atoms with Crippen molar-refractivity contribution in [2.24, 2.45) is 10.1 Å². The summed E-state index contributed by atoms with van der Waals surface area (Å²) in [6, 6.07) is 9.26. The van der Waals surface area contributed by atoms with Crippen LogP contribution in [0.3, 0.4) is 0 Å². The molecule has 3 rings (SSSR count). The molecule has 27 heavy (non-hydrogen) atoms. The van der Waals surface area contributed by atoms with E-state index in [1.54, 1.807) is 47.1 Å². The molecule has 2 aromatic heterocycles. The van der Waals surface area contributed by atoms with Crippen LogP contribution in [0.5, 0.6) is 11.5 Å². The van der Waals surface area contributed by atoms with Gasteiger partial charge >= 0.3 is 0 Å². The Bertz CT molecular complexity index is 1010. The van der Waals surface area contributed by atoms with E-state index in [0.717, 1.165) is 26.5 Å². The predicted octanol–water partition coefficient (Wildman–Crippen LogP) is 4.74. The number of phenolic OH excluding ortho intramolecular Hbond substituents is 1. The summed E-state index contributed by atoms with van der Waals surface area (Å²) < 4.78 is 7.28. The van der Waals surface area contributed by atoms with Crippen LogP contribution in [0, 0.1) is 0 Å². The Morgan fingerprint density at radius 3 is 2.89 bits per heavy atom. The van der Waals surface area contributed by atoms with Gasteiger partial charge in [-0.25, -0.2) is 4.68 Å². The standard InChI is InChI=1S/C20H21N3O2S2/c1-4-25-18-10-15(7-8-17(18)24)12-22-23-16(19-6-5-9-26-19)13-27-20(23)21-11-14(2)3/h5-10,12-13,24H,2,4,11H2,1,3H3. The van der Waals surface area contributed by atoms with Crippen molar-refractivity contribution in [2.45, 2.75) is 13.8 Å². The van der Waals surface area contributed by atoms with Gasteiger partial charge in [-0.3, -0.25) is 4.99 Å². The first-order valence-corrected chi connectivity index (χ1v) is 10.2. The first-order chi connectivity index (χ1) is 13.1. The summed E-state index contributed by atoms with van der Waals surface area (Å²) in [6.45, 7) is 8.80. The SMILES string of the molecule is C=C(C)CN=c1scc(-c2cccs2)n1N=Cc1ccc(O)c(OCC)c1. The summed E-state index contributed by atoms with van der Waals surface area (Å²) in [5.41, 5.74) is 2.82. The third-order valence-corrected chi connectivity index (χ3v) is 5.30. The quantitative estimate of drug-likeness (QED) is 0.461. The molecule has 0 bridgehead atoms. The van der Waals surface area contributed by atoms with E-state index in [0.29, 0.717) is 18.9 Å². The third-order valence-electron chi connectivity index (χ3n) is 3.55. The molecule has 5 nitrogen and oxygen atoms in total. The van der Waals surface area contributed by atoms with Crippen LogP contribution in [0.2, 0.25) is 0 Å². The fourth-order valence-electron chi connectivity index (χ4n) is 2.32. The van der Waals surface area contributed by atoms with Gasteiger partial charge in [-0.05, 0) is 49.1 Å². The van der Waals surface area contributed by atoms with Crippen molar-refractivity contribution in [3.05, 3.63) is 63.6 Å². The number of aromatic hydroxyl groups is 1. The van der Waals surface area contributed by atoms with Crippen LogP contribution in [-0.4, -0.2) is 29.1 Å². The topological polar surface area (TPSA) is 59.1 Å². The van der Waals surface area contributed by atoms with Crippen LogP contribution in [0.15, 0.2) is 63.3 Å². The lowest BCUT2D eigenvalue weighted by Crippen LogP contribution is -2.12. The summed E-state index contributed by atoms with van der Waals surface area (Å²) in [4.78, 5) is 6.55. The average Bonchev–Trinajstić information content (AvgIpc) is 3.30. The first-order valence-electron chi connectivity index (χ1n) is 8.48. The Balaban J connectivity index is 2.01. The molecule has 1 N–H and O–H groups in total. The van der Waals surface area contributed by atoms with Gasteiger partial charge in [0, 0.05) is 5.38 Å². The molecule has 7 heteroatoms. The summed E-state index contributed by atoms with van der Waals surface area (Å²) in [5.74, 6) is 0.566. The van der Waals surface area contributed by atoms with Gasteiger partial charge in [0.1, 0.15) is 0 Å². The lowest BCUT2D eigenvalue weighted by molar-refractivity contribution is 0.318. The maximum absolute atomic E-state index is 9.86. The van der Waals surface area contributed by atoms with Gasteiger partial charge in [-0.2, -0.15) is 5.10 Å². The molecule has 3 aromatic rings. The zero-order valence-corrected chi connectivity index (χ0v) is 16.9. The van der Waals surface area contributed by atoms with E-state index in [1.807, 2.05) is 30.0 Å². The first kappa shape index (κ1) is 19.1. The Kier molecular flexibility index (Phi) is 6.26. The molecule has 0 aliphatic rings. The summed E-state index contributed by atoms with van der Waals surface area (Å²) in [5, 5.41) is 18.6. The van der Waals surface area contributed by atoms with Crippen LogP contribution in [-0.2, 0) is 0 Å². The highest BCUT2D eigenvalue weighted by molar-refractivity contribution is 7.14. The number of phenols is 1. The van der Waals surface area contributed by atoms with Gasteiger partial charge in [0.2, 0.25) is 4.80 Å². The third kappa shape index (κ3) is 4.75. The minimum Gasteiger partial charge on any atom is -0.504 e. The zero-order chi connectivity index (χ0) is 19.2. The van der Waals surface area contributed by atoms with E-state index in [9.17, 15) is 5.11 Å². The second-order valence-corrected chi connectivity index (χ2v) is 7.65. The Morgan fingerprint density at radius 2 is 2.19 bits per heavy atom. The largest absolute Gasteiger partial charge is 0.504 e. The monoisotopic (exact) mass is 399 g/mol. The highest BCUT2D eigenvalue weighted by atomic mass is 32.1. The fourth-order valence-corrected chi connectivity index (χ4v) is 3.95. The summed E-state index contributed by atoms with van der Waals surface area (Å²) >= 11 is 3.21. The van der Waals surface area contributed by atoms with Gasteiger partial charge in [0.05, 0.1) is 29.9 Å². The highest BCUT2D eigenvalue weighted by Gasteiger charge is 2.08. The Hall–Kier alpha value is -2.64. The van der Waals surface area contributed by atoms with Crippen molar-refractivity contribution >= 4 is 28.9 Å². The summed E-state index contributed by atoms with van der Waals surface area (Å²) in [7, 11) is 0. The molecule has 0 atom stereocenters. The minimum atomic E-state index is 0.119. The van der Waals surface area contributed by atoms with Crippen LogP contribution in [0.4, 0.5) is 0 Å². The molecule has 0 spiro atoms. The van der Waals surface area contributed by atoms with Gasteiger partial charge in [-0.15, -0.1) is 22.7 Å². The van der Waals surface area contributed by atoms with Crippen LogP contribution in [0.25, 0.3) is 10.6 Å². The minimum absolute atomic E-state index is 0.119. The second kappa shape index (κ2) is 8.83. The molecule has 0 fully saturated rings. The van der Waals surface area contributed by atoms with Crippen molar-refractivity contribution < 1.29 is 9.84 Å². The van der Waals surface area contributed by atoms with Gasteiger partial charge in [0.25, 0.3) is 0 Å². The van der Waals surface area contributed by atoms with Crippen LogP contribution >= 0.6 is 22.7 Å². The molecule has 0 aliphatic heterocycles. The van der Waals surface area contributed by atoms with E-state index in [4.69, 9.17) is 4.74 Å². The zero-order valence-electron chi connectivity index (χ0n) is 15.3. The van der Waals surface area contributed by atoms with Crippen LogP contribution in [0.1, 0.15) is 19.4 Å². The molecule has 0 saturated heterocycles. The van der Waals surface area contributed by atoms with Crippen molar-refractivity contribution in [3.63, 3.8) is 0 Å². The van der Waals surface area contributed by atoms with E-state index in [-0.39, 0.29) is 5.75 Å². The normalized spacial score (nSPS) is 12.0. The molecular formula is C20H21N3O2S2. The smallest absolute Gasteiger partial charge is 0.206 e. The molecule has 2 heterocycles. The maximum Gasteiger partial charge on any atom is 0.206 e. The average molecular weight is 400 g/mol. The number of aromatic nitrogens is 1. The molecular weight excluding hydrogens is 378 g/mol. The Labute approximate surface area is 166 Å². The van der Waals surface area contributed by atoms with E-state index < -0.39 is 0 Å². The second-order valence-electron chi connectivity index (χ2n) is 5.87. The summed E-state index contributed by atoms with van der Waals surface area (Å²) in [6.07, 6.45) is 1.74. The van der Waals surface area contributed by atoms with Gasteiger partial charge < -0.3 is 9.84 Å². The van der Waals surface area contributed by atoms with Crippen LogP contribution < -0.4 is 9.54 Å². The fraction of sp³-hybridized carbons (Fsp3) is 0.200. The molecule has 0 aliphatic carbocycles. The number of thiophene rings is 1. The maximum atomic E-state index is 9.86. The number of benzene rings is 1. The molecule has 0 radical (unpaired) electrons. The van der Waals surface area contributed by atoms with Gasteiger partial charge in [-0.1, -0.05) is 18.2 Å². The number of nitrogens with zero attached hydrogens (tertiary/aromatic N) is 3. The van der Waals surface area contributed by atoms with Crippen molar-refractivity contribution in [3.8, 4) is 22.1 Å². The number of rotatable bonds is 7. The molecule has 1 aromatic carbocycles. The Morgan fingerprint density at radius 1 is 1.33 bits per heavy atom. The number of thiazole rings is 1. The number of hydrogen-bond donors (Lipinski definition) is 1. The van der Waals surface area contributed by atoms with Gasteiger partial charge in [0.15, 0.2) is 11.5 Å².